The van der Waals surface area contributed by atoms with Gasteiger partial charge in [0.05, 0.1) is 12.3 Å². The lowest BCUT2D eigenvalue weighted by Crippen LogP contribution is -2.36. The zero-order valence-electron chi connectivity index (χ0n) is 15.6. The Morgan fingerprint density at radius 1 is 1.24 bits per heavy atom. The molecule has 1 atom stereocenters. The molecule has 2 heterocycles. The van der Waals surface area contributed by atoms with Gasteiger partial charge in [0.1, 0.15) is 12.3 Å². The molecule has 2 aromatic heterocycles. The average molecular weight is 423 g/mol. The van der Waals surface area contributed by atoms with Gasteiger partial charge in [0.2, 0.25) is 0 Å². The first kappa shape index (κ1) is 21.2. The summed E-state index contributed by atoms with van der Waals surface area (Å²) in [5, 5.41) is 2.62. The second kappa shape index (κ2) is 9.32. The van der Waals surface area contributed by atoms with Crippen LogP contribution in [-0.4, -0.2) is 40.7 Å². The number of carbonyl (C=O) groups excluding carboxylic acids is 1. The van der Waals surface area contributed by atoms with Crippen molar-refractivity contribution in [2.75, 3.05) is 13.2 Å². The van der Waals surface area contributed by atoms with Crippen LogP contribution in [0.15, 0.2) is 59.8 Å². The third-order valence-electron chi connectivity index (χ3n) is 3.93. The van der Waals surface area contributed by atoms with Gasteiger partial charge in [0.15, 0.2) is 0 Å². The minimum absolute atomic E-state index is 0.210. The van der Waals surface area contributed by atoms with E-state index in [9.17, 15) is 18.0 Å². The Bertz CT molecular complexity index is 925. The first-order valence-corrected chi connectivity index (χ1v) is 9.89. The maximum Gasteiger partial charge on any atom is 0.411 e. The number of pyridine rings is 1. The molecule has 1 unspecified atom stereocenters. The lowest BCUT2D eigenvalue weighted by Gasteiger charge is -2.15. The lowest BCUT2D eigenvalue weighted by atomic mass is 10.2. The van der Waals surface area contributed by atoms with Crippen LogP contribution in [0.2, 0.25) is 0 Å². The first-order chi connectivity index (χ1) is 13.8. The molecule has 3 rings (SSSR count). The minimum Gasteiger partial charge on any atom is -0.370 e. The molecule has 154 valence electrons. The zero-order chi connectivity index (χ0) is 20.9. The van der Waals surface area contributed by atoms with E-state index >= 15 is 0 Å². The van der Waals surface area contributed by atoms with E-state index in [4.69, 9.17) is 0 Å². The Balaban J connectivity index is 1.48. The summed E-state index contributed by atoms with van der Waals surface area (Å²) in [4.78, 5) is 17.7. The number of halogens is 3. The van der Waals surface area contributed by atoms with E-state index in [0.717, 1.165) is 16.2 Å². The summed E-state index contributed by atoms with van der Waals surface area (Å²) in [6, 6.07) is 12.3. The van der Waals surface area contributed by atoms with Crippen molar-refractivity contribution >= 4 is 23.3 Å². The van der Waals surface area contributed by atoms with Crippen LogP contribution in [0.25, 0.3) is 5.65 Å². The minimum atomic E-state index is -4.37. The molecule has 1 N–H and O–H groups in total. The van der Waals surface area contributed by atoms with E-state index < -0.39 is 18.8 Å². The number of benzene rings is 1. The Hall–Kier alpha value is -2.52. The molecule has 0 fully saturated rings. The van der Waals surface area contributed by atoms with Gasteiger partial charge in [-0.2, -0.15) is 13.2 Å². The Kier molecular flexibility index (Phi) is 6.81. The molecule has 0 saturated heterocycles. The number of nitrogens with one attached hydrogen (secondary N) is 1. The molecule has 0 aliphatic carbocycles. The van der Waals surface area contributed by atoms with Crippen molar-refractivity contribution in [3.8, 4) is 0 Å². The quantitative estimate of drug-likeness (QED) is 0.548. The fraction of sp³-hybridized carbons (Fsp3) is 0.300. The molecular weight excluding hydrogens is 403 g/mol. The molecule has 0 bridgehead atoms. The van der Waals surface area contributed by atoms with E-state index in [1.807, 2.05) is 47.1 Å². The number of rotatable bonds is 8. The van der Waals surface area contributed by atoms with Gasteiger partial charge in [-0.25, -0.2) is 4.98 Å². The average Bonchev–Trinajstić information content (AvgIpc) is 3.08. The maximum absolute atomic E-state index is 12.2. The van der Waals surface area contributed by atoms with Gasteiger partial charge in [-0.15, -0.1) is 11.8 Å². The van der Waals surface area contributed by atoms with E-state index in [-0.39, 0.29) is 12.5 Å². The molecular formula is C20H20F3N3O2S. The van der Waals surface area contributed by atoms with E-state index in [0.29, 0.717) is 11.3 Å². The van der Waals surface area contributed by atoms with Crippen molar-refractivity contribution < 1.29 is 22.7 Å². The van der Waals surface area contributed by atoms with E-state index in [2.05, 4.69) is 15.0 Å². The number of nitrogens with zero attached hydrogens (tertiary/aromatic N) is 2. The van der Waals surface area contributed by atoms with Crippen LogP contribution in [0.5, 0.6) is 0 Å². The molecule has 0 spiro atoms. The SMILES string of the molecule is CC(COCC(F)(F)F)NC(=O)c1ccc(SCc2cn3ccccc3n2)cc1. The van der Waals surface area contributed by atoms with Crippen molar-refractivity contribution in [1.29, 1.82) is 0 Å². The molecule has 0 saturated carbocycles. The number of hydrogen-bond acceptors (Lipinski definition) is 4. The second-order valence-electron chi connectivity index (χ2n) is 6.52. The van der Waals surface area contributed by atoms with Gasteiger partial charge in [-0.3, -0.25) is 4.79 Å². The summed E-state index contributed by atoms with van der Waals surface area (Å²) in [7, 11) is 0. The zero-order valence-corrected chi connectivity index (χ0v) is 16.5. The van der Waals surface area contributed by atoms with Crippen molar-refractivity contribution in [3.63, 3.8) is 0 Å². The summed E-state index contributed by atoms with van der Waals surface area (Å²) >= 11 is 1.60. The molecule has 0 aliphatic heterocycles. The van der Waals surface area contributed by atoms with Crippen LogP contribution in [0, 0.1) is 0 Å². The highest BCUT2D eigenvalue weighted by atomic mass is 32.2. The number of imidazole rings is 1. The summed E-state index contributed by atoms with van der Waals surface area (Å²) < 4.78 is 42.8. The number of amides is 1. The second-order valence-corrected chi connectivity index (χ2v) is 7.56. The Labute approximate surface area is 170 Å². The first-order valence-electron chi connectivity index (χ1n) is 8.91. The van der Waals surface area contributed by atoms with Crippen LogP contribution < -0.4 is 5.32 Å². The fourth-order valence-corrected chi connectivity index (χ4v) is 3.40. The molecule has 0 aliphatic rings. The largest absolute Gasteiger partial charge is 0.411 e. The summed E-state index contributed by atoms with van der Waals surface area (Å²) in [5.41, 5.74) is 2.28. The van der Waals surface area contributed by atoms with Gasteiger partial charge in [-0.1, -0.05) is 6.07 Å². The molecule has 3 aromatic rings. The van der Waals surface area contributed by atoms with Gasteiger partial charge < -0.3 is 14.5 Å². The molecule has 9 heteroatoms. The number of thioether (sulfide) groups is 1. The monoisotopic (exact) mass is 423 g/mol. The highest BCUT2D eigenvalue weighted by Gasteiger charge is 2.27. The van der Waals surface area contributed by atoms with Crippen molar-refractivity contribution in [2.24, 2.45) is 0 Å². The van der Waals surface area contributed by atoms with Crippen molar-refractivity contribution in [1.82, 2.24) is 14.7 Å². The third-order valence-corrected chi connectivity index (χ3v) is 4.97. The highest BCUT2D eigenvalue weighted by Crippen LogP contribution is 2.23. The summed E-state index contributed by atoms with van der Waals surface area (Å²) in [6.07, 6.45) is -0.452. The van der Waals surface area contributed by atoms with E-state index in [1.54, 1.807) is 30.8 Å². The van der Waals surface area contributed by atoms with E-state index in [1.165, 1.54) is 0 Å². The van der Waals surface area contributed by atoms with Crippen LogP contribution >= 0.6 is 11.8 Å². The number of fused-ring (bicyclic) bond motifs is 1. The number of carbonyl (C=O) groups is 1. The molecule has 1 aromatic carbocycles. The maximum atomic E-state index is 12.2. The number of aromatic nitrogens is 2. The third kappa shape index (κ3) is 6.50. The normalized spacial score (nSPS) is 12.8. The number of hydrogen-bond donors (Lipinski definition) is 1. The van der Waals surface area contributed by atoms with Gasteiger partial charge in [-0.05, 0) is 43.3 Å². The van der Waals surface area contributed by atoms with Crippen molar-refractivity contribution in [2.45, 2.75) is 29.8 Å². The topological polar surface area (TPSA) is 55.6 Å². The summed E-state index contributed by atoms with van der Waals surface area (Å²) in [5.74, 6) is 0.339. The number of alkyl halides is 3. The van der Waals surface area contributed by atoms with Crippen molar-refractivity contribution in [3.05, 3.63) is 66.1 Å². The van der Waals surface area contributed by atoms with Gasteiger partial charge >= 0.3 is 6.18 Å². The number of ether oxygens (including phenoxy) is 1. The highest BCUT2D eigenvalue weighted by molar-refractivity contribution is 7.98. The van der Waals surface area contributed by atoms with Crippen LogP contribution in [0.4, 0.5) is 13.2 Å². The van der Waals surface area contributed by atoms with Crippen LogP contribution in [0.3, 0.4) is 0 Å². The molecule has 0 radical (unpaired) electrons. The molecule has 1 amide bonds. The van der Waals surface area contributed by atoms with Crippen LogP contribution in [-0.2, 0) is 10.5 Å². The standard InChI is InChI=1S/C20H20F3N3O2S/c1-14(11-28-13-20(21,22)23)24-19(27)15-5-7-17(8-6-15)29-12-16-10-26-9-3-2-4-18(26)25-16/h2-10,14H,11-13H2,1H3,(H,24,27). The summed E-state index contributed by atoms with van der Waals surface area (Å²) in [6.45, 7) is 0.0526. The van der Waals surface area contributed by atoms with Gasteiger partial charge in [0, 0.05) is 34.6 Å². The predicted octanol–water partition coefficient (Wildman–Crippen LogP) is 4.32. The smallest absolute Gasteiger partial charge is 0.370 e. The predicted molar refractivity (Wildman–Crippen MR) is 105 cm³/mol. The van der Waals surface area contributed by atoms with Crippen LogP contribution in [0.1, 0.15) is 23.0 Å². The molecule has 5 nitrogen and oxygen atoms in total. The fourth-order valence-electron chi connectivity index (χ4n) is 2.62. The Morgan fingerprint density at radius 2 is 2.00 bits per heavy atom. The lowest BCUT2D eigenvalue weighted by molar-refractivity contribution is -0.174. The Morgan fingerprint density at radius 3 is 2.69 bits per heavy atom. The van der Waals surface area contributed by atoms with Gasteiger partial charge in [0.25, 0.3) is 5.91 Å². The molecule has 29 heavy (non-hydrogen) atoms.